The summed E-state index contributed by atoms with van der Waals surface area (Å²) in [6.45, 7) is 10.7. The number of carbonyl (C=O) groups is 1. The number of ether oxygens (including phenoxy) is 1. The Morgan fingerprint density at radius 1 is 1.19 bits per heavy atom. The second-order valence-corrected chi connectivity index (χ2v) is 7.16. The highest BCUT2D eigenvalue weighted by atomic mass is 16.5. The molecule has 0 aliphatic carbocycles. The van der Waals surface area contributed by atoms with E-state index < -0.39 is 0 Å². The fourth-order valence-corrected chi connectivity index (χ4v) is 4.09. The first-order chi connectivity index (χ1) is 13.0. The highest BCUT2D eigenvalue weighted by Crippen LogP contribution is 2.46. The number of allylic oxidation sites excluding steroid dienone is 2. The lowest BCUT2D eigenvalue weighted by atomic mass is 9.97. The van der Waals surface area contributed by atoms with Crippen molar-refractivity contribution in [2.75, 3.05) is 6.61 Å². The van der Waals surface area contributed by atoms with E-state index in [4.69, 9.17) is 4.74 Å². The summed E-state index contributed by atoms with van der Waals surface area (Å²) >= 11 is 0. The van der Waals surface area contributed by atoms with Gasteiger partial charge in [0, 0.05) is 11.3 Å². The molecule has 1 aromatic rings. The van der Waals surface area contributed by atoms with E-state index in [1.54, 1.807) is 0 Å². The van der Waals surface area contributed by atoms with Crippen molar-refractivity contribution in [3.8, 4) is 22.5 Å². The third kappa shape index (κ3) is 2.51. The normalized spacial score (nSPS) is 16.1. The van der Waals surface area contributed by atoms with Gasteiger partial charge in [-0.15, -0.1) is 0 Å². The molecule has 4 heteroatoms. The Balaban J connectivity index is 2.09. The third-order valence-electron chi connectivity index (χ3n) is 5.73. The predicted molar refractivity (Wildman–Crippen MR) is 108 cm³/mol. The summed E-state index contributed by atoms with van der Waals surface area (Å²) in [5.41, 5.74) is 9.23. The summed E-state index contributed by atoms with van der Waals surface area (Å²) in [6, 6.07) is 12.7. The maximum absolute atomic E-state index is 12.4. The maximum atomic E-state index is 12.4. The second kappa shape index (κ2) is 6.38. The van der Waals surface area contributed by atoms with Crippen LogP contribution in [0.5, 0.6) is 0 Å². The number of pyridine rings is 1. The molecule has 138 valence electrons. The van der Waals surface area contributed by atoms with Crippen LogP contribution in [-0.2, 0) is 4.74 Å². The Morgan fingerprint density at radius 2 is 1.89 bits per heavy atom. The van der Waals surface area contributed by atoms with Gasteiger partial charge in [-0.3, -0.25) is 0 Å². The number of rotatable bonds is 3. The van der Waals surface area contributed by atoms with E-state index in [-0.39, 0.29) is 12.0 Å². The molecule has 0 aromatic heterocycles. The van der Waals surface area contributed by atoms with Crippen LogP contribution in [0.15, 0.2) is 42.0 Å². The number of esters is 1. The number of hydrogen-bond acceptors (Lipinski definition) is 3. The summed E-state index contributed by atoms with van der Waals surface area (Å²) in [5, 5.41) is 0. The number of benzene rings is 1. The summed E-state index contributed by atoms with van der Waals surface area (Å²) in [5.74, 6) is -0.355. The van der Waals surface area contributed by atoms with E-state index in [1.807, 2.05) is 32.0 Å². The number of hydrogen-bond donors (Lipinski definition) is 0. The van der Waals surface area contributed by atoms with Crippen molar-refractivity contribution in [3.63, 3.8) is 0 Å². The number of aromatic nitrogens is 2. The average Bonchev–Trinajstić information content (AvgIpc) is 3.11. The average molecular weight is 360 g/mol. The predicted octanol–water partition coefficient (Wildman–Crippen LogP) is 5.51. The zero-order chi connectivity index (χ0) is 19.3. The molecule has 0 fully saturated rings. The molecule has 27 heavy (non-hydrogen) atoms. The molecular formula is C23H24N2O2. The molecule has 0 N–H and O–H groups in total. The van der Waals surface area contributed by atoms with Crippen molar-refractivity contribution in [1.29, 1.82) is 0 Å². The molecule has 1 aromatic carbocycles. The number of fused-ring (bicyclic) bond motifs is 2. The highest BCUT2D eigenvalue weighted by molar-refractivity contribution is 5.97. The van der Waals surface area contributed by atoms with Crippen molar-refractivity contribution in [2.24, 2.45) is 0 Å². The Labute approximate surface area is 159 Å². The summed E-state index contributed by atoms with van der Waals surface area (Å²) in [4.78, 5) is 17.1. The van der Waals surface area contributed by atoms with Gasteiger partial charge in [-0.25, -0.2) is 9.78 Å². The fraction of sp³-hybridized carbons (Fsp3) is 0.304. The second-order valence-electron chi connectivity index (χ2n) is 7.16. The van der Waals surface area contributed by atoms with Crippen LogP contribution in [0.25, 0.3) is 28.1 Å². The van der Waals surface area contributed by atoms with Gasteiger partial charge in [0.05, 0.1) is 24.0 Å². The molecule has 0 spiro atoms. The SMILES string of the molecule is CCOC(=O)c1nc2cc3n(c(-c4ccccc4)c-2c1C)[C@H](C)C(C)=C3C. The Kier molecular flexibility index (Phi) is 4.14. The first-order valence-corrected chi connectivity index (χ1v) is 9.41. The molecule has 4 nitrogen and oxygen atoms in total. The monoisotopic (exact) mass is 360 g/mol. The van der Waals surface area contributed by atoms with E-state index in [9.17, 15) is 4.79 Å². The van der Waals surface area contributed by atoms with Crippen LogP contribution in [0.4, 0.5) is 0 Å². The standard InChI is InChI=1S/C23H24N2O2/c1-6-27-23(26)21-15(4)20-18(24-21)12-19-14(3)13(2)16(5)25(19)22(20)17-10-8-7-9-11-17/h7-12,16H,6H2,1-5H3/t16-/m1/s1. The summed E-state index contributed by atoms with van der Waals surface area (Å²) in [6.07, 6.45) is 0. The van der Waals surface area contributed by atoms with Crippen LogP contribution >= 0.6 is 0 Å². The Bertz CT molecular complexity index is 1040. The maximum Gasteiger partial charge on any atom is 0.357 e. The van der Waals surface area contributed by atoms with Gasteiger partial charge in [0.25, 0.3) is 0 Å². The third-order valence-corrected chi connectivity index (χ3v) is 5.73. The number of carbonyl (C=O) groups excluding carboxylic acids is 1. The van der Waals surface area contributed by atoms with Crippen molar-refractivity contribution in [1.82, 2.24) is 9.55 Å². The molecular weight excluding hydrogens is 336 g/mol. The van der Waals surface area contributed by atoms with Crippen molar-refractivity contribution >= 4 is 11.5 Å². The minimum Gasteiger partial charge on any atom is -0.461 e. The smallest absolute Gasteiger partial charge is 0.357 e. The van der Waals surface area contributed by atoms with E-state index in [0.29, 0.717) is 12.3 Å². The van der Waals surface area contributed by atoms with Gasteiger partial charge in [-0.1, -0.05) is 30.3 Å². The van der Waals surface area contributed by atoms with E-state index in [2.05, 4.69) is 48.5 Å². The van der Waals surface area contributed by atoms with E-state index >= 15 is 0 Å². The van der Waals surface area contributed by atoms with Gasteiger partial charge < -0.3 is 9.30 Å². The van der Waals surface area contributed by atoms with E-state index in [1.165, 1.54) is 16.8 Å². The van der Waals surface area contributed by atoms with Gasteiger partial charge in [0.15, 0.2) is 5.69 Å². The lowest BCUT2D eigenvalue weighted by Crippen LogP contribution is -2.10. The van der Waals surface area contributed by atoms with Crippen LogP contribution in [0.3, 0.4) is 0 Å². The molecule has 0 saturated carbocycles. The van der Waals surface area contributed by atoms with Crippen LogP contribution in [-0.4, -0.2) is 22.1 Å². The first kappa shape index (κ1) is 17.5. The van der Waals surface area contributed by atoms with Gasteiger partial charge in [0.2, 0.25) is 0 Å². The van der Waals surface area contributed by atoms with Crippen molar-refractivity contribution < 1.29 is 9.53 Å². The quantitative estimate of drug-likeness (QED) is 0.579. The minimum atomic E-state index is -0.355. The molecule has 0 bridgehead atoms. The molecule has 0 unspecified atom stereocenters. The molecule has 1 atom stereocenters. The van der Waals surface area contributed by atoms with Gasteiger partial charge in [-0.2, -0.15) is 0 Å². The minimum absolute atomic E-state index is 0.264. The fourth-order valence-electron chi connectivity index (χ4n) is 4.09. The molecule has 3 aliphatic heterocycles. The van der Waals surface area contributed by atoms with Crippen molar-refractivity contribution in [3.05, 3.63) is 58.9 Å². The summed E-state index contributed by atoms with van der Waals surface area (Å²) < 4.78 is 7.61. The van der Waals surface area contributed by atoms with Crippen molar-refractivity contribution in [2.45, 2.75) is 40.7 Å². The molecule has 0 saturated heterocycles. The lowest BCUT2D eigenvalue weighted by molar-refractivity contribution is 0.0519. The molecule has 4 rings (SSSR count). The molecule has 0 radical (unpaired) electrons. The Hall–Kier alpha value is -2.88. The van der Waals surface area contributed by atoms with Crippen LogP contribution in [0.2, 0.25) is 0 Å². The van der Waals surface area contributed by atoms with Crippen LogP contribution < -0.4 is 0 Å². The Morgan fingerprint density at radius 3 is 2.56 bits per heavy atom. The zero-order valence-electron chi connectivity index (χ0n) is 16.5. The highest BCUT2D eigenvalue weighted by Gasteiger charge is 2.32. The largest absolute Gasteiger partial charge is 0.461 e. The van der Waals surface area contributed by atoms with Gasteiger partial charge in [0.1, 0.15) is 0 Å². The van der Waals surface area contributed by atoms with Gasteiger partial charge in [-0.05, 0) is 63.0 Å². The lowest BCUT2D eigenvalue weighted by Gasteiger charge is -2.22. The van der Waals surface area contributed by atoms with Crippen LogP contribution in [0.1, 0.15) is 55.5 Å². The van der Waals surface area contributed by atoms with Crippen LogP contribution in [0, 0.1) is 6.92 Å². The first-order valence-electron chi connectivity index (χ1n) is 9.41. The molecule has 3 aliphatic rings. The zero-order valence-corrected chi connectivity index (χ0v) is 16.5. The topological polar surface area (TPSA) is 44.1 Å². The molecule has 3 heterocycles. The van der Waals surface area contributed by atoms with E-state index in [0.717, 1.165) is 28.1 Å². The summed E-state index contributed by atoms with van der Waals surface area (Å²) in [7, 11) is 0. The van der Waals surface area contributed by atoms with Gasteiger partial charge >= 0.3 is 5.97 Å². The number of nitrogens with zero attached hydrogens (tertiary/aromatic N) is 2. The molecule has 0 amide bonds.